The number of carbonyl (C=O) groups is 1. The van der Waals surface area contributed by atoms with E-state index in [-0.39, 0.29) is 18.0 Å². The number of imidazole rings is 1. The van der Waals surface area contributed by atoms with Gasteiger partial charge in [-0.2, -0.15) is 0 Å². The summed E-state index contributed by atoms with van der Waals surface area (Å²) in [4.78, 5) is 18.9. The number of amides is 1. The van der Waals surface area contributed by atoms with E-state index in [2.05, 4.69) is 20.5 Å². The minimum atomic E-state index is -0.516. The van der Waals surface area contributed by atoms with Gasteiger partial charge in [0.15, 0.2) is 0 Å². The fourth-order valence-electron chi connectivity index (χ4n) is 3.20. The highest BCUT2D eigenvalue weighted by molar-refractivity contribution is 6.04. The highest BCUT2D eigenvalue weighted by atomic mass is 35.5. The Morgan fingerprint density at radius 1 is 1.19 bits per heavy atom. The number of benzene rings is 1. The molecule has 4 rings (SSSR count). The SMILES string of the molecule is Cc1cn2cc(NC(=O)c3ccc(N4CCNCC4)cc3F)ccc2n1.Cl. The molecule has 6 nitrogen and oxygen atoms in total. The topological polar surface area (TPSA) is 61.7 Å². The number of nitrogens with one attached hydrogen (secondary N) is 2. The molecule has 1 aromatic carbocycles. The molecule has 142 valence electrons. The van der Waals surface area contributed by atoms with Crippen LogP contribution in [0, 0.1) is 12.7 Å². The molecule has 1 saturated heterocycles. The molecule has 0 bridgehead atoms. The number of fused-ring (bicyclic) bond motifs is 1. The van der Waals surface area contributed by atoms with Gasteiger partial charge in [0.05, 0.1) is 16.9 Å². The summed E-state index contributed by atoms with van der Waals surface area (Å²) in [6.07, 6.45) is 3.63. The number of aryl methyl sites for hydroxylation is 1. The second kappa shape index (κ2) is 7.94. The largest absolute Gasteiger partial charge is 0.369 e. The van der Waals surface area contributed by atoms with Crippen LogP contribution in [0.4, 0.5) is 15.8 Å². The van der Waals surface area contributed by atoms with Crippen LogP contribution < -0.4 is 15.5 Å². The summed E-state index contributed by atoms with van der Waals surface area (Å²) < 4.78 is 16.3. The average Bonchev–Trinajstić information content (AvgIpc) is 3.01. The van der Waals surface area contributed by atoms with Gasteiger partial charge in [-0.25, -0.2) is 9.37 Å². The first-order chi connectivity index (χ1) is 12.6. The summed E-state index contributed by atoms with van der Waals surface area (Å²) in [5.41, 5.74) is 3.11. The molecule has 0 unspecified atom stereocenters. The van der Waals surface area contributed by atoms with Gasteiger partial charge in [0.1, 0.15) is 11.5 Å². The first-order valence-corrected chi connectivity index (χ1v) is 8.62. The Balaban J connectivity index is 0.00000210. The Labute approximate surface area is 162 Å². The highest BCUT2D eigenvalue weighted by Gasteiger charge is 2.16. The Morgan fingerprint density at radius 3 is 2.70 bits per heavy atom. The fourth-order valence-corrected chi connectivity index (χ4v) is 3.20. The first kappa shape index (κ1) is 19.1. The van der Waals surface area contributed by atoms with Gasteiger partial charge >= 0.3 is 0 Å². The van der Waals surface area contributed by atoms with Crippen molar-refractivity contribution in [2.75, 3.05) is 36.4 Å². The lowest BCUT2D eigenvalue weighted by molar-refractivity contribution is 0.102. The van der Waals surface area contributed by atoms with Gasteiger partial charge in [-0.15, -0.1) is 12.4 Å². The Kier molecular flexibility index (Phi) is 5.62. The van der Waals surface area contributed by atoms with Gasteiger partial charge in [0.2, 0.25) is 0 Å². The molecule has 27 heavy (non-hydrogen) atoms. The molecule has 1 fully saturated rings. The lowest BCUT2D eigenvalue weighted by Gasteiger charge is -2.29. The molecule has 2 aromatic heterocycles. The third-order valence-corrected chi connectivity index (χ3v) is 4.51. The molecule has 0 aliphatic carbocycles. The maximum Gasteiger partial charge on any atom is 0.258 e. The van der Waals surface area contributed by atoms with Crippen LogP contribution in [0.3, 0.4) is 0 Å². The minimum absolute atomic E-state index is 0. The zero-order valence-electron chi connectivity index (χ0n) is 14.9. The van der Waals surface area contributed by atoms with E-state index in [0.29, 0.717) is 5.69 Å². The van der Waals surface area contributed by atoms with Crippen LogP contribution in [0.15, 0.2) is 42.7 Å². The molecule has 1 aliphatic heterocycles. The van der Waals surface area contributed by atoms with E-state index >= 15 is 0 Å². The van der Waals surface area contributed by atoms with Gasteiger partial charge in [-0.05, 0) is 37.3 Å². The number of piperazine rings is 1. The van der Waals surface area contributed by atoms with Crippen molar-refractivity contribution < 1.29 is 9.18 Å². The summed E-state index contributed by atoms with van der Waals surface area (Å²) in [5, 5.41) is 6.01. The van der Waals surface area contributed by atoms with Crippen LogP contribution >= 0.6 is 12.4 Å². The fraction of sp³-hybridized carbons (Fsp3) is 0.263. The summed E-state index contributed by atoms with van der Waals surface area (Å²) in [5.74, 6) is -0.983. The van der Waals surface area contributed by atoms with Gasteiger partial charge in [-0.3, -0.25) is 4.79 Å². The number of hydrogen-bond acceptors (Lipinski definition) is 4. The summed E-state index contributed by atoms with van der Waals surface area (Å²) in [7, 11) is 0. The van der Waals surface area contributed by atoms with Crippen molar-refractivity contribution in [2.45, 2.75) is 6.92 Å². The zero-order chi connectivity index (χ0) is 18.1. The van der Waals surface area contributed by atoms with Crippen molar-refractivity contribution in [3.63, 3.8) is 0 Å². The predicted octanol–water partition coefficient (Wildman–Crippen LogP) is 2.87. The minimum Gasteiger partial charge on any atom is -0.369 e. The van der Waals surface area contributed by atoms with E-state index in [9.17, 15) is 9.18 Å². The third-order valence-electron chi connectivity index (χ3n) is 4.51. The third kappa shape index (κ3) is 4.04. The van der Waals surface area contributed by atoms with E-state index < -0.39 is 11.7 Å². The number of aromatic nitrogens is 2. The van der Waals surface area contributed by atoms with Crippen LogP contribution in [-0.4, -0.2) is 41.5 Å². The van der Waals surface area contributed by atoms with Crippen LogP contribution in [0.25, 0.3) is 5.65 Å². The van der Waals surface area contributed by atoms with Crippen molar-refractivity contribution >= 4 is 35.3 Å². The quantitative estimate of drug-likeness (QED) is 0.723. The van der Waals surface area contributed by atoms with E-state index in [1.807, 2.05) is 23.6 Å². The van der Waals surface area contributed by atoms with Gasteiger partial charge in [-0.1, -0.05) is 0 Å². The zero-order valence-corrected chi connectivity index (χ0v) is 15.7. The van der Waals surface area contributed by atoms with Crippen molar-refractivity contribution in [1.82, 2.24) is 14.7 Å². The number of carbonyl (C=O) groups excluding carboxylic acids is 1. The molecule has 8 heteroatoms. The normalized spacial score (nSPS) is 14.1. The van der Waals surface area contributed by atoms with Crippen molar-refractivity contribution in [3.8, 4) is 0 Å². The Morgan fingerprint density at radius 2 is 1.96 bits per heavy atom. The predicted molar refractivity (Wildman–Crippen MR) is 107 cm³/mol. The number of hydrogen-bond donors (Lipinski definition) is 2. The van der Waals surface area contributed by atoms with Crippen LogP contribution in [0.1, 0.15) is 16.1 Å². The summed E-state index contributed by atoms with van der Waals surface area (Å²) in [6.45, 7) is 5.31. The molecule has 2 N–H and O–H groups in total. The first-order valence-electron chi connectivity index (χ1n) is 8.62. The number of rotatable bonds is 3. The number of halogens is 2. The van der Waals surface area contributed by atoms with Gasteiger partial charge in [0, 0.05) is 44.3 Å². The molecule has 3 heterocycles. The second-order valence-corrected chi connectivity index (χ2v) is 6.42. The van der Waals surface area contributed by atoms with Gasteiger partial charge < -0.3 is 19.9 Å². The summed E-state index contributed by atoms with van der Waals surface area (Å²) in [6, 6.07) is 8.34. The van der Waals surface area contributed by atoms with Crippen molar-refractivity contribution in [3.05, 3.63) is 59.8 Å². The smallest absolute Gasteiger partial charge is 0.258 e. The van der Waals surface area contributed by atoms with E-state index in [4.69, 9.17) is 0 Å². The summed E-state index contributed by atoms with van der Waals surface area (Å²) >= 11 is 0. The number of pyridine rings is 1. The monoisotopic (exact) mass is 389 g/mol. The van der Waals surface area contributed by atoms with E-state index in [1.54, 1.807) is 24.4 Å². The van der Waals surface area contributed by atoms with Crippen molar-refractivity contribution in [1.29, 1.82) is 0 Å². The molecule has 0 saturated carbocycles. The average molecular weight is 390 g/mol. The molecule has 0 radical (unpaired) electrons. The standard InChI is InChI=1S/C19H20FN5O.ClH/c1-13-11-25-12-14(2-5-18(25)22-13)23-19(26)16-4-3-15(10-17(16)20)24-8-6-21-7-9-24;/h2-5,10-12,21H,6-9H2,1H3,(H,23,26);1H. The molecular weight excluding hydrogens is 369 g/mol. The lowest BCUT2D eigenvalue weighted by Crippen LogP contribution is -2.43. The molecule has 0 spiro atoms. The lowest BCUT2D eigenvalue weighted by atomic mass is 10.1. The molecule has 0 atom stereocenters. The van der Waals surface area contributed by atoms with E-state index in [0.717, 1.165) is 43.2 Å². The van der Waals surface area contributed by atoms with Crippen LogP contribution in [-0.2, 0) is 0 Å². The van der Waals surface area contributed by atoms with E-state index in [1.165, 1.54) is 6.07 Å². The number of nitrogens with zero attached hydrogens (tertiary/aromatic N) is 3. The maximum absolute atomic E-state index is 14.5. The Bertz CT molecular complexity index is 968. The van der Waals surface area contributed by atoms with Crippen LogP contribution in [0.2, 0.25) is 0 Å². The van der Waals surface area contributed by atoms with Crippen molar-refractivity contribution in [2.24, 2.45) is 0 Å². The number of anilines is 2. The maximum atomic E-state index is 14.5. The molecule has 1 amide bonds. The highest BCUT2D eigenvalue weighted by Crippen LogP contribution is 2.20. The van der Waals surface area contributed by atoms with Gasteiger partial charge in [0.25, 0.3) is 5.91 Å². The van der Waals surface area contributed by atoms with Crippen LogP contribution in [0.5, 0.6) is 0 Å². The molecular formula is C19H21ClFN5O. The molecule has 1 aliphatic rings. The molecule has 3 aromatic rings. The second-order valence-electron chi connectivity index (χ2n) is 6.42. The Hall–Kier alpha value is -2.64.